The Balaban J connectivity index is 1.37. The second kappa shape index (κ2) is 5.07. The van der Waals surface area contributed by atoms with Gasteiger partial charge in [-0.1, -0.05) is 18.6 Å². The summed E-state index contributed by atoms with van der Waals surface area (Å²) in [5.74, 6) is 2.86. The fourth-order valence-corrected chi connectivity index (χ4v) is 4.99. The lowest BCUT2D eigenvalue weighted by atomic mass is 9.86. The third-order valence-electron chi connectivity index (χ3n) is 6.11. The minimum absolute atomic E-state index is 0.755. The smallest absolute Gasteiger partial charge is 0.0314 e. The van der Waals surface area contributed by atoms with Gasteiger partial charge >= 0.3 is 0 Å². The molecule has 0 radical (unpaired) electrons. The van der Waals surface area contributed by atoms with Gasteiger partial charge in [0.05, 0.1) is 0 Å². The minimum Gasteiger partial charge on any atom is -0.399 e. The van der Waals surface area contributed by atoms with Crippen molar-refractivity contribution in [1.29, 1.82) is 0 Å². The number of nitrogens with zero attached hydrogens (tertiary/aromatic N) is 1. The summed E-state index contributed by atoms with van der Waals surface area (Å²) in [6.07, 6.45) is 8.71. The monoisotopic (exact) mass is 270 g/mol. The van der Waals surface area contributed by atoms with E-state index in [4.69, 9.17) is 5.73 Å². The predicted molar refractivity (Wildman–Crippen MR) is 83.6 cm³/mol. The highest BCUT2D eigenvalue weighted by molar-refractivity contribution is 5.40. The molecule has 3 unspecified atom stereocenters. The first-order chi connectivity index (χ1) is 9.79. The Labute approximate surface area is 122 Å². The maximum absolute atomic E-state index is 5.79. The van der Waals surface area contributed by atoms with Crippen molar-refractivity contribution in [2.75, 3.05) is 18.8 Å². The van der Waals surface area contributed by atoms with E-state index in [2.05, 4.69) is 29.2 Å². The van der Waals surface area contributed by atoms with Crippen LogP contribution in [0.4, 0.5) is 5.69 Å². The molecule has 2 nitrogen and oxygen atoms in total. The van der Waals surface area contributed by atoms with Crippen LogP contribution in [0, 0.1) is 11.8 Å². The van der Waals surface area contributed by atoms with Gasteiger partial charge in [0.1, 0.15) is 0 Å². The molecule has 0 spiro atoms. The molecule has 3 aliphatic rings. The maximum Gasteiger partial charge on any atom is 0.0314 e. The lowest BCUT2D eigenvalue weighted by Crippen LogP contribution is -2.43. The van der Waals surface area contributed by atoms with E-state index >= 15 is 0 Å². The maximum atomic E-state index is 5.79. The van der Waals surface area contributed by atoms with Gasteiger partial charge < -0.3 is 10.6 Å². The Hall–Kier alpha value is -1.02. The van der Waals surface area contributed by atoms with Crippen LogP contribution in [0.5, 0.6) is 0 Å². The third-order valence-corrected chi connectivity index (χ3v) is 6.11. The number of anilines is 1. The number of benzene rings is 1. The molecular formula is C18H26N2. The van der Waals surface area contributed by atoms with Gasteiger partial charge in [-0.15, -0.1) is 0 Å². The van der Waals surface area contributed by atoms with E-state index < -0.39 is 0 Å². The minimum atomic E-state index is 0.755. The molecular weight excluding hydrogens is 244 g/mol. The molecule has 2 saturated carbocycles. The highest BCUT2D eigenvalue weighted by Gasteiger charge is 2.42. The number of hydrogen-bond donors (Lipinski definition) is 1. The number of fused-ring (bicyclic) bond motifs is 2. The molecule has 1 aromatic rings. The molecule has 0 aromatic heterocycles. The first kappa shape index (κ1) is 12.7. The first-order valence-corrected chi connectivity index (χ1v) is 8.39. The van der Waals surface area contributed by atoms with Crippen molar-refractivity contribution in [2.24, 2.45) is 11.8 Å². The fourth-order valence-electron chi connectivity index (χ4n) is 4.99. The molecule has 1 aromatic carbocycles. The molecule has 2 bridgehead atoms. The van der Waals surface area contributed by atoms with Gasteiger partial charge in [-0.3, -0.25) is 0 Å². The molecule has 1 aliphatic heterocycles. The summed E-state index contributed by atoms with van der Waals surface area (Å²) < 4.78 is 0. The summed E-state index contributed by atoms with van der Waals surface area (Å²) >= 11 is 0. The number of hydrogen-bond acceptors (Lipinski definition) is 2. The SMILES string of the molecule is Nc1ccc(C2CCN(C3CC4CCC3C4)CC2)cc1. The molecule has 2 N–H and O–H groups in total. The fraction of sp³-hybridized carbons (Fsp3) is 0.667. The summed E-state index contributed by atoms with van der Waals surface area (Å²) in [4.78, 5) is 2.82. The van der Waals surface area contributed by atoms with Crippen LogP contribution in [0.1, 0.15) is 50.0 Å². The zero-order valence-corrected chi connectivity index (χ0v) is 12.3. The standard InChI is InChI=1S/C18H26N2/c19-17-5-3-14(4-6-17)15-7-9-20(10-8-15)18-12-13-1-2-16(18)11-13/h3-6,13,15-16,18H,1-2,7-12,19H2. The molecule has 20 heavy (non-hydrogen) atoms. The average molecular weight is 270 g/mol. The summed E-state index contributed by atoms with van der Waals surface area (Å²) in [5, 5.41) is 0. The van der Waals surface area contributed by atoms with Crippen LogP contribution in [0.25, 0.3) is 0 Å². The van der Waals surface area contributed by atoms with Gasteiger partial charge in [0.25, 0.3) is 0 Å². The third kappa shape index (κ3) is 2.24. The van der Waals surface area contributed by atoms with Crippen molar-refractivity contribution in [3.63, 3.8) is 0 Å². The van der Waals surface area contributed by atoms with E-state index in [1.165, 1.54) is 57.2 Å². The normalized spacial score (nSPS) is 34.7. The zero-order valence-electron chi connectivity index (χ0n) is 12.3. The van der Waals surface area contributed by atoms with Gasteiger partial charge in [0.15, 0.2) is 0 Å². The molecule has 3 fully saturated rings. The van der Waals surface area contributed by atoms with Crippen LogP contribution >= 0.6 is 0 Å². The highest BCUT2D eigenvalue weighted by Crippen LogP contribution is 2.47. The van der Waals surface area contributed by atoms with Crippen molar-refractivity contribution in [1.82, 2.24) is 4.90 Å². The van der Waals surface area contributed by atoms with Crippen LogP contribution in [0.3, 0.4) is 0 Å². The van der Waals surface area contributed by atoms with Gasteiger partial charge in [0.2, 0.25) is 0 Å². The Bertz CT molecular complexity index is 459. The van der Waals surface area contributed by atoms with Gasteiger partial charge in [-0.05, 0) is 80.6 Å². The van der Waals surface area contributed by atoms with Crippen LogP contribution in [-0.4, -0.2) is 24.0 Å². The van der Waals surface area contributed by atoms with E-state index in [0.29, 0.717) is 0 Å². The van der Waals surface area contributed by atoms with Crippen molar-refractivity contribution in [3.8, 4) is 0 Å². The van der Waals surface area contributed by atoms with E-state index in [-0.39, 0.29) is 0 Å². The molecule has 2 heteroatoms. The summed E-state index contributed by atoms with van der Waals surface area (Å²) in [5.41, 5.74) is 8.16. The molecule has 0 amide bonds. The lowest BCUT2D eigenvalue weighted by Gasteiger charge is -2.39. The van der Waals surface area contributed by atoms with E-state index in [9.17, 15) is 0 Å². The van der Waals surface area contributed by atoms with E-state index in [0.717, 1.165) is 29.5 Å². The Morgan fingerprint density at radius 2 is 1.65 bits per heavy atom. The number of rotatable bonds is 2. The van der Waals surface area contributed by atoms with Gasteiger partial charge in [-0.2, -0.15) is 0 Å². The molecule has 2 aliphatic carbocycles. The number of piperidine rings is 1. The van der Waals surface area contributed by atoms with Crippen molar-refractivity contribution in [2.45, 2.75) is 50.5 Å². The second-order valence-electron chi connectivity index (χ2n) is 7.22. The van der Waals surface area contributed by atoms with E-state index in [1.54, 1.807) is 0 Å². The Morgan fingerprint density at radius 1 is 0.900 bits per heavy atom. The topological polar surface area (TPSA) is 29.3 Å². The summed E-state index contributed by atoms with van der Waals surface area (Å²) in [6.45, 7) is 2.62. The number of likely N-dealkylation sites (tertiary alicyclic amines) is 1. The van der Waals surface area contributed by atoms with Crippen LogP contribution in [-0.2, 0) is 0 Å². The highest BCUT2D eigenvalue weighted by atomic mass is 15.2. The second-order valence-corrected chi connectivity index (χ2v) is 7.22. The van der Waals surface area contributed by atoms with Crippen LogP contribution in [0.15, 0.2) is 24.3 Å². The predicted octanol–water partition coefficient (Wildman–Crippen LogP) is 3.64. The number of nitrogen functional groups attached to an aromatic ring is 1. The van der Waals surface area contributed by atoms with Crippen LogP contribution in [0.2, 0.25) is 0 Å². The quantitative estimate of drug-likeness (QED) is 0.831. The lowest BCUT2D eigenvalue weighted by molar-refractivity contribution is 0.111. The molecule has 3 atom stereocenters. The summed E-state index contributed by atoms with van der Waals surface area (Å²) in [7, 11) is 0. The van der Waals surface area contributed by atoms with Crippen molar-refractivity contribution in [3.05, 3.63) is 29.8 Å². The van der Waals surface area contributed by atoms with Crippen molar-refractivity contribution < 1.29 is 0 Å². The Morgan fingerprint density at radius 3 is 2.25 bits per heavy atom. The molecule has 1 saturated heterocycles. The number of nitrogens with two attached hydrogens (primary N) is 1. The van der Waals surface area contributed by atoms with E-state index in [1.807, 2.05) is 0 Å². The van der Waals surface area contributed by atoms with Gasteiger partial charge in [-0.25, -0.2) is 0 Å². The van der Waals surface area contributed by atoms with Gasteiger partial charge in [0, 0.05) is 11.7 Å². The zero-order chi connectivity index (χ0) is 13.5. The van der Waals surface area contributed by atoms with Crippen molar-refractivity contribution >= 4 is 5.69 Å². The molecule has 4 rings (SSSR count). The molecule has 1 heterocycles. The average Bonchev–Trinajstić information content (AvgIpc) is 3.11. The largest absolute Gasteiger partial charge is 0.399 e. The first-order valence-electron chi connectivity index (χ1n) is 8.39. The Kier molecular flexibility index (Phi) is 3.22. The molecule has 108 valence electrons. The summed E-state index contributed by atoms with van der Waals surface area (Å²) in [6, 6.07) is 9.50. The van der Waals surface area contributed by atoms with Crippen LogP contribution < -0.4 is 5.73 Å².